The molecule has 1 N–H and O–H groups in total. The van der Waals surface area contributed by atoms with Gasteiger partial charge >= 0.3 is 6.09 Å². The summed E-state index contributed by atoms with van der Waals surface area (Å²) in [6.45, 7) is 0.0917. The molecule has 0 aliphatic rings. The molecule has 0 fully saturated rings. The lowest BCUT2D eigenvalue weighted by molar-refractivity contribution is 0.148. The highest BCUT2D eigenvalue weighted by atomic mass is 35.5. The Labute approximate surface area is 137 Å². The fourth-order valence-electron chi connectivity index (χ4n) is 1.96. The molecule has 6 heteroatoms. The van der Waals surface area contributed by atoms with Crippen LogP contribution in [-0.4, -0.2) is 22.6 Å². The van der Waals surface area contributed by atoms with Gasteiger partial charge in [0, 0.05) is 18.1 Å². The smallest absolute Gasteiger partial charge is 0.407 e. The van der Waals surface area contributed by atoms with Crippen LogP contribution in [0.3, 0.4) is 0 Å². The molecule has 2 aromatic carbocycles. The van der Waals surface area contributed by atoms with Gasteiger partial charge < -0.3 is 10.0 Å². The Balaban J connectivity index is 2.02. The molecule has 3 nitrogen and oxygen atoms in total. The van der Waals surface area contributed by atoms with Crippen molar-refractivity contribution in [1.29, 1.82) is 0 Å². The maximum atomic E-state index is 13.2. The molecule has 0 spiro atoms. The van der Waals surface area contributed by atoms with Crippen molar-refractivity contribution in [3.05, 3.63) is 76.3 Å². The minimum Gasteiger partial charge on any atom is -0.465 e. The van der Waals surface area contributed by atoms with Crippen LogP contribution in [0.4, 0.5) is 13.6 Å². The van der Waals surface area contributed by atoms with Gasteiger partial charge in [-0.1, -0.05) is 42.0 Å². The molecular formula is C17H14ClF2NO2. The molecule has 0 saturated heterocycles. The van der Waals surface area contributed by atoms with Crippen LogP contribution in [0.5, 0.6) is 0 Å². The minimum atomic E-state index is -1.14. The van der Waals surface area contributed by atoms with E-state index in [2.05, 4.69) is 0 Å². The van der Waals surface area contributed by atoms with E-state index in [1.165, 1.54) is 6.07 Å². The highest BCUT2D eigenvalue weighted by Gasteiger charge is 2.12. The monoisotopic (exact) mass is 337 g/mol. The van der Waals surface area contributed by atoms with Gasteiger partial charge in [-0.05, 0) is 35.4 Å². The number of hydrogen-bond donors (Lipinski definition) is 1. The summed E-state index contributed by atoms with van der Waals surface area (Å²) in [6, 6.07) is 10.4. The molecule has 0 aromatic heterocycles. The second kappa shape index (κ2) is 7.74. The summed E-state index contributed by atoms with van der Waals surface area (Å²) >= 11 is 5.78. The quantitative estimate of drug-likeness (QED) is 0.850. The van der Waals surface area contributed by atoms with Gasteiger partial charge in [0.05, 0.1) is 0 Å². The van der Waals surface area contributed by atoms with Crippen molar-refractivity contribution in [3.63, 3.8) is 0 Å². The van der Waals surface area contributed by atoms with Gasteiger partial charge in [0.2, 0.25) is 0 Å². The van der Waals surface area contributed by atoms with Gasteiger partial charge in [-0.3, -0.25) is 0 Å². The average Bonchev–Trinajstić information content (AvgIpc) is 2.51. The maximum absolute atomic E-state index is 13.2. The SMILES string of the molecule is O=C(O)N(CC=Cc1ccc(Cl)cc1)Cc1ccc(F)c(F)c1. The number of carboxylic acid groups (broad SMARTS) is 1. The van der Waals surface area contributed by atoms with E-state index in [-0.39, 0.29) is 13.1 Å². The van der Waals surface area contributed by atoms with E-state index in [0.717, 1.165) is 22.6 Å². The van der Waals surface area contributed by atoms with Crippen molar-refractivity contribution in [3.8, 4) is 0 Å². The van der Waals surface area contributed by atoms with Crippen molar-refractivity contribution in [1.82, 2.24) is 4.90 Å². The predicted molar refractivity (Wildman–Crippen MR) is 85.3 cm³/mol. The van der Waals surface area contributed by atoms with E-state index in [0.29, 0.717) is 10.6 Å². The largest absolute Gasteiger partial charge is 0.465 e. The summed E-state index contributed by atoms with van der Waals surface area (Å²) in [7, 11) is 0. The summed E-state index contributed by atoms with van der Waals surface area (Å²) < 4.78 is 26.1. The van der Waals surface area contributed by atoms with Crippen molar-refractivity contribution in [2.45, 2.75) is 6.54 Å². The Bertz CT molecular complexity index is 717. The van der Waals surface area contributed by atoms with Crippen molar-refractivity contribution < 1.29 is 18.7 Å². The number of halogens is 3. The third-order valence-corrected chi connectivity index (χ3v) is 3.39. The number of benzene rings is 2. The van der Waals surface area contributed by atoms with Crippen LogP contribution in [0.15, 0.2) is 48.5 Å². The molecule has 0 unspecified atom stereocenters. The van der Waals surface area contributed by atoms with Crippen LogP contribution < -0.4 is 0 Å². The first-order valence-electron chi connectivity index (χ1n) is 6.79. The molecule has 23 heavy (non-hydrogen) atoms. The number of nitrogens with zero attached hydrogens (tertiary/aromatic N) is 1. The summed E-state index contributed by atoms with van der Waals surface area (Å²) in [5, 5.41) is 9.82. The Morgan fingerprint density at radius 2 is 1.83 bits per heavy atom. The fraction of sp³-hybridized carbons (Fsp3) is 0.118. The molecule has 0 bridgehead atoms. The molecule has 0 saturated carbocycles. The van der Waals surface area contributed by atoms with Crippen LogP contribution in [0, 0.1) is 11.6 Å². The normalized spacial score (nSPS) is 10.9. The topological polar surface area (TPSA) is 40.5 Å². The van der Waals surface area contributed by atoms with E-state index in [9.17, 15) is 18.7 Å². The Morgan fingerprint density at radius 1 is 1.13 bits per heavy atom. The summed E-state index contributed by atoms with van der Waals surface area (Å²) in [4.78, 5) is 12.3. The predicted octanol–water partition coefficient (Wildman–Crippen LogP) is 4.81. The van der Waals surface area contributed by atoms with Gasteiger partial charge in [0.1, 0.15) is 0 Å². The van der Waals surface area contributed by atoms with E-state index in [1.54, 1.807) is 36.4 Å². The first-order valence-corrected chi connectivity index (χ1v) is 7.17. The number of hydrogen-bond acceptors (Lipinski definition) is 1. The molecule has 0 aliphatic heterocycles. The van der Waals surface area contributed by atoms with Crippen LogP contribution in [0.2, 0.25) is 5.02 Å². The molecule has 120 valence electrons. The molecular weight excluding hydrogens is 324 g/mol. The third-order valence-electron chi connectivity index (χ3n) is 3.13. The number of rotatable bonds is 5. The van der Waals surface area contributed by atoms with Gasteiger partial charge in [-0.2, -0.15) is 0 Å². The van der Waals surface area contributed by atoms with E-state index in [4.69, 9.17) is 11.6 Å². The zero-order valence-corrected chi connectivity index (χ0v) is 12.8. The Hall–Kier alpha value is -2.40. The lowest BCUT2D eigenvalue weighted by atomic mass is 10.2. The zero-order valence-electron chi connectivity index (χ0n) is 12.0. The van der Waals surface area contributed by atoms with Crippen LogP contribution >= 0.6 is 11.6 Å². The van der Waals surface area contributed by atoms with Crippen LogP contribution in [0.1, 0.15) is 11.1 Å². The summed E-state index contributed by atoms with van der Waals surface area (Å²) in [6.07, 6.45) is 2.30. The van der Waals surface area contributed by atoms with Crippen molar-refractivity contribution in [2.75, 3.05) is 6.54 Å². The molecule has 0 heterocycles. The Kier molecular flexibility index (Phi) is 5.71. The summed E-state index contributed by atoms with van der Waals surface area (Å²) in [5.41, 5.74) is 1.26. The minimum absolute atomic E-state index is 0.0303. The fourth-order valence-corrected chi connectivity index (χ4v) is 2.08. The number of amides is 1. The molecule has 2 aromatic rings. The molecule has 1 amide bonds. The van der Waals surface area contributed by atoms with Gasteiger partial charge in [-0.15, -0.1) is 0 Å². The molecule has 2 rings (SSSR count). The first-order chi connectivity index (χ1) is 11.0. The number of carbonyl (C=O) groups is 1. The lowest BCUT2D eigenvalue weighted by Gasteiger charge is -2.17. The highest BCUT2D eigenvalue weighted by molar-refractivity contribution is 6.30. The second-order valence-corrected chi connectivity index (χ2v) is 5.30. The van der Waals surface area contributed by atoms with E-state index >= 15 is 0 Å². The zero-order chi connectivity index (χ0) is 16.8. The van der Waals surface area contributed by atoms with E-state index in [1.807, 2.05) is 0 Å². The van der Waals surface area contributed by atoms with Gasteiger partial charge in [-0.25, -0.2) is 13.6 Å². The average molecular weight is 338 g/mol. The molecule has 0 atom stereocenters. The highest BCUT2D eigenvalue weighted by Crippen LogP contribution is 2.13. The standard InChI is InChI=1S/C17H14ClF2NO2/c18-14-6-3-12(4-7-14)2-1-9-21(17(22)23)11-13-5-8-15(19)16(20)10-13/h1-8,10H,9,11H2,(H,22,23). The summed E-state index contributed by atoms with van der Waals surface area (Å²) in [5.74, 6) is -1.96. The maximum Gasteiger partial charge on any atom is 0.407 e. The first kappa shape index (κ1) is 17.0. The van der Waals surface area contributed by atoms with Gasteiger partial charge in [0.25, 0.3) is 0 Å². The lowest BCUT2D eigenvalue weighted by Crippen LogP contribution is -2.29. The van der Waals surface area contributed by atoms with E-state index < -0.39 is 17.7 Å². The third kappa shape index (κ3) is 5.07. The van der Waals surface area contributed by atoms with Crippen molar-refractivity contribution in [2.24, 2.45) is 0 Å². The Morgan fingerprint density at radius 3 is 2.43 bits per heavy atom. The van der Waals surface area contributed by atoms with Crippen LogP contribution in [0.25, 0.3) is 6.08 Å². The molecule has 0 aliphatic carbocycles. The van der Waals surface area contributed by atoms with Crippen LogP contribution in [-0.2, 0) is 6.54 Å². The van der Waals surface area contributed by atoms with Gasteiger partial charge in [0.15, 0.2) is 11.6 Å². The second-order valence-electron chi connectivity index (χ2n) is 4.87. The molecule has 0 radical (unpaired) electrons. The van der Waals surface area contributed by atoms with Crippen molar-refractivity contribution >= 4 is 23.8 Å².